The second kappa shape index (κ2) is 10.4. The molecule has 146 valence electrons. The molecule has 1 amide bonds. The van der Waals surface area contributed by atoms with Crippen molar-refractivity contribution < 1.29 is 13.2 Å². The molecule has 27 heavy (non-hydrogen) atoms. The zero-order valence-corrected chi connectivity index (χ0v) is 17.4. The minimum atomic E-state index is -3.55. The minimum absolute atomic E-state index is 0.207. The molecule has 0 spiro atoms. The quantitative estimate of drug-likeness (QED) is 0.486. The van der Waals surface area contributed by atoms with E-state index in [0.717, 1.165) is 24.0 Å². The van der Waals surface area contributed by atoms with Gasteiger partial charge in [-0.05, 0) is 42.4 Å². The Morgan fingerprint density at radius 1 is 1.07 bits per heavy atom. The van der Waals surface area contributed by atoms with Crippen molar-refractivity contribution in [2.75, 3.05) is 29.4 Å². The number of para-hydroxylation sites is 1. The van der Waals surface area contributed by atoms with E-state index in [-0.39, 0.29) is 12.5 Å². The van der Waals surface area contributed by atoms with Crippen LogP contribution in [0.2, 0.25) is 0 Å². The van der Waals surface area contributed by atoms with E-state index in [1.807, 2.05) is 37.3 Å². The summed E-state index contributed by atoms with van der Waals surface area (Å²) in [6.45, 7) is 2.27. The van der Waals surface area contributed by atoms with Crippen molar-refractivity contribution in [3.8, 4) is 0 Å². The van der Waals surface area contributed by atoms with Crippen LogP contribution in [0, 0.1) is 0 Å². The van der Waals surface area contributed by atoms with Crippen molar-refractivity contribution in [3.05, 3.63) is 60.2 Å². The Morgan fingerprint density at radius 3 is 2.41 bits per heavy atom. The summed E-state index contributed by atoms with van der Waals surface area (Å²) in [7, 11) is -3.55. The molecule has 7 heteroatoms. The van der Waals surface area contributed by atoms with Gasteiger partial charge in [0, 0.05) is 11.4 Å². The predicted molar refractivity (Wildman–Crippen MR) is 113 cm³/mol. The fourth-order valence-electron chi connectivity index (χ4n) is 2.63. The summed E-state index contributed by atoms with van der Waals surface area (Å²) in [5, 5.41) is 2.82. The van der Waals surface area contributed by atoms with Gasteiger partial charge in [0.1, 0.15) is 6.54 Å². The molecule has 0 saturated heterocycles. The molecule has 0 aliphatic heterocycles. The van der Waals surface area contributed by atoms with Crippen molar-refractivity contribution in [1.29, 1.82) is 0 Å². The number of benzene rings is 2. The van der Waals surface area contributed by atoms with Gasteiger partial charge in [-0.15, -0.1) is 11.8 Å². The Morgan fingerprint density at radius 2 is 1.74 bits per heavy atom. The lowest BCUT2D eigenvalue weighted by Crippen LogP contribution is -2.41. The van der Waals surface area contributed by atoms with Crippen LogP contribution in [0.25, 0.3) is 0 Å². The van der Waals surface area contributed by atoms with Gasteiger partial charge in [0.2, 0.25) is 15.9 Å². The van der Waals surface area contributed by atoms with Crippen molar-refractivity contribution in [2.24, 2.45) is 0 Å². The summed E-state index contributed by atoms with van der Waals surface area (Å²) in [6.07, 6.45) is 2.64. The summed E-state index contributed by atoms with van der Waals surface area (Å²) < 4.78 is 25.6. The van der Waals surface area contributed by atoms with Crippen LogP contribution in [0.3, 0.4) is 0 Å². The number of carbonyl (C=O) groups excluding carboxylic acids is 1. The predicted octanol–water partition coefficient (Wildman–Crippen LogP) is 3.31. The van der Waals surface area contributed by atoms with E-state index in [1.54, 1.807) is 23.9 Å². The van der Waals surface area contributed by atoms with Gasteiger partial charge in [-0.3, -0.25) is 9.10 Å². The van der Waals surface area contributed by atoms with Crippen LogP contribution in [0.1, 0.15) is 18.9 Å². The van der Waals surface area contributed by atoms with Crippen molar-refractivity contribution >= 4 is 33.4 Å². The maximum Gasteiger partial charge on any atom is 0.240 e. The molecular weight excluding hydrogens is 380 g/mol. The molecule has 0 aliphatic carbocycles. The normalized spacial score (nSPS) is 11.2. The molecule has 2 aromatic carbocycles. The zero-order valence-electron chi connectivity index (χ0n) is 15.7. The van der Waals surface area contributed by atoms with Crippen LogP contribution >= 0.6 is 11.8 Å². The first-order valence-corrected chi connectivity index (χ1v) is 11.8. The maximum atomic E-state index is 12.3. The third kappa shape index (κ3) is 6.92. The van der Waals surface area contributed by atoms with Gasteiger partial charge < -0.3 is 5.32 Å². The van der Waals surface area contributed by atoms with E-state index in [1.165, 1.54) is 9.20 Å². The highest BCUT2D eigenvalue weighted by atomic mass is 32.2. The third-order valence-corrected chi connectivity index (χ3v) is 6.21. The van der Waals surface area contributed by atoms with E-state index < -0.39 is 10.0 Å². The van der Waals surface area contributed by atoms with E-state index in [4.69, 9.17) is 0 Å². The number of aryl methyl sites for hydroxylation is 1. The summed E-state index contributed by atoms with van der Waals surface area (Å²) in [6, 6.07) is 17.4. The Bertz CT molecular complexity index is 839. The Kier molecular flexibility index (Phi) is 8.19. The van der Waals surface area contributed by atoms with E-state index in [0.29, 0.717) is 18.7 Å². The topological polar surface area (TPSA) is 66.5 Å². The highest BCUT2D eigenvalue weighted by Crippen LogP contribution is 2.23. The van der Waals surface area contributed by atoms with Crippen molar-refractivity contribution in [2.45, 2.75) is 24.7 Å². The second-order valence-electron chi connectivity index (χ2n) is 6.12. The average Bonchev–Trinajstić information content (AvgIpc) is 2.66. The first-order valence-electron chi connectivity index (χ1n) is 8.92. The van der Waals surface area contributed by atoms with Gasteiger partial charge in [-0.25, -0.2) is 8.42 Å². The smallest absolute Gasteiger partial charge is 0.240 e. The maximum absolute atomic E-state index is 12.3. The van der Waals surface area contributed by atoms with Gasteiger partial charge in [0.05, 0.1) is 11.9 Å². The second-order valence-corrected chi connectivity index (χ2v) is 9.19. The Balaban J connectivity index is 1.87. The molecule has 2 rings (SSSR count). The van der Waals surface area contributed by atoms with Crippen LogP contribution in [-0.2, 0) is 21.2 Å². The highest BCUT2D eigenvalue weighted by molar-refractivity contribution is 7.99. The number of amides is 1. The lowest BCUT2D eigenvalue weighted by Gasteiger charge is -2.24. The molecule has 0 aliphatic rings. The number of hydrogen-bond donors (Lipinski definition) is 1. The number of nitrogens with zero attached hydrogens (tertiary/aromatic N) is 1. The lowest BCUT2D eigenvalue weighted by atomic mass is 10.1. The van der Waals surface area contributed by atoms with Gasteiger partial charge in [-0.2, -0.15) is 0 Å². The fourth-order valence-corrected chi connectivity index (χ4v) is 4.39. The van der Waals surface area contributed by atoms with E-state index in [2.05, 4.69) is 17.4 Å². The zero-order chi connectivity index (χ0) is 19.7. The van der Waals surface area contributed by atoms with Crippen molar-refractivity contribution in [3.63, 3.8) is 0 Å². The average molecular weight is 407 g/mol. The van der Waals surface area contributed by atoms with Crippen LogP contribution in [0.4, 0.5) is 5.69 Å². The fraction of sp³-hybridized carbons (Fsp3) is 0.350. The molecule has 0 atom stereocenters. The summed E-state index contributed by atoms with van der Waals surface area (Å²) >= 11 is 1.73. The van der Waals surface area contributed by atoms with Crippen LogP contribution in [0.5, 0.6) is 0 Å². The first kappa shape index (κ1) is 21.3. The van der Waals surface area contributed by atoms with Gasteiger partial charge in [0.25, 0.3) is 0 Å². The standard InChI is InChI=1S/C20H26N2O3S2/c1-3-17-10-7-8-13-19(17)22(27(2,24)25)16-20(23)21-14-9-15-26-18-11-5-4-6-12-18/h4-8,10-13H,3,9,14-16H2,1-2H3,(H,21,23). The number of carbonyl (C=O) groups is 1. The lowest BCUT2D eigenvalue weighted by molar-refractivity contribution is -0.119. The Labute approximate surface area is 166 Å². The number of thioether (sulfide) groups is 1. The number of anilines is 1. The molecule has 0 aromatic heterocycles. The molecule has 0 heterocycles. The number of nitrogens with one attached hydrogen (secondary N) is 1. The van der Waals surface area contributed by atoms with Crippen molar-refractivity contribution in [1.82, 2.24) is 5.32 Å². The van der Waals surface area contributed by atoms with Gasteiger partial charge in [-0.1, -0.05) is 43.3 Å². The van der Waals surface area contributed by atoms with Crippen LogP contribution in [-0.4, -0.2) is 39.4 Å². The Hall–Kier alpha value is -1.99. The monoisotopic (exact) mass is 406 g/mol. The molecule has 2 aromatic rings. The van der Waals surface area contributed by atoms with Crippen LogP contribution < -0.4 is 9.62 Å². The number of sulfonamides is 1. The molecule has 0 bridgehead atoms. The third-order valence-electron chi connectivity index (χ3n) is 3.98. The molecule has 0 saturated carbocycles. The summed E-state index contributed by atoms with van der Waals surface area (Å²) in [4.78, 5) is 13.5. The SMILES string of the molecule is CCc1ccccc1N(CC(=O)NCCCSc1ccccc1)S(C)(=O)=O. The first-order chi connectivity index (χ1) is 12.9. The molecule has 5 nitrogen and oxygen atoms in total. The van der Waals surface area contributed by atoms with Gasteiger partial charge in [0.15, 0.2) is 0 Å². The molecule has 0 radical (unpaired) electrons. The molecule has 0 fully saturated rings. The summed E-state index contributed by atoms with van der Waals surface area (Å²) in [5.41, 5.74) is 1.47. The van der Waals surface area contributed by atoms with Gasteiger partial charge >= 0.3 is 0 Å². The molecular formula is C20H26N2O3S2. The number of rotatable bonds is 10. The minimum Gasteiger partial charge on any atom is -0.354 e. The highest BCUT2D eigenvalue weighted by Gasteiger charge is 2.22. The number of hydrogen-bond acceptors (Lipinski definition) is 4. The summed E-state index contributed by atoms with van der Waals surface area (Å²) in [5.74, 6) is 0.592. The van der Waals surface area contributed by atoms with Crippen LogP contribution in [0.15, 0.2) is 59.5 Å². The van der Waals surface area contributed by atoms with E-state index >= 15 is 0 Å². The van der Waals surface area contributed by atoms with E-state index in [9.17, 15) is 13.2 Å². The molecule has 1 N–H and O–H groups in total. The largest absolute Gasteiger partial charge is 0.354 e. The molecule has 0 unspecified atom stereocenters.